The molecular formula is C15H23N5O3. The molecule has 0 saturated carbocycles. The molecule has 2 amide bonds. The SMILES string of the molecule is CNC(=O)c1cc(C)nc(N2C[C@@H](CC(=O)N(C)C)[C@H](O)C2)n1. The Balaban J connectivity index is 2.16. The second-order valence-corrected chi connectivity index (χ2v) is 6.00. The van der Waals surface area contributed by atoms with Crippen LogP contribution < -0.4 is 10.2 Å². The zero-order valence-electron chi connectivity index (χ0n) is 13.9. The summed E-state index contributed by atoms with van der Waals surface area (Å²) in [4.78, 5) is 35.5. The highest BCUT2D eigenvalue weighted by Crippen LogP contribution is 2.24. The van der Waals surface area contributed by atoms with Crippen LogP contribution in [0.15, 0.2) is 6.07 Å². The van der Waals surface area contributed by atoms with E-state index in [0.717, 1.165) is 0 Å². The molecule has 0 aromatic carbocycles. The Morgan fingerprint density at radius 1 is 1.39 bits per heavy atom. The molecule has 2 atom stereocenters. The molecule has 1 aromatic heterocycles. The first-order valence-corrected chi connectivity index (χ1v) is 7.52. The molecule has 1 aliphatic heterocycles. The highest BCUT2D eigenvalue weighted by atomic mass is 16.3. The van der Waals surface area contributed by atoms with E-state index < -0.39 is 6.10 Å². The average Bonchev–Trinajstić information content (AvgIpc) is 2.86. The number of carbonyl (C=O) groups is 2. The summed E-state index contributed by atoms with van der Waals surface area (Å²) in [5, 5.41) is 12.7. The van der Waals surface area contributed by atoms with E-state index >= 15 is 0 Å². The maximum absolute atomic E-state index is 11.8. The minimum atomic E-state index is -0.619. The highest BCUT2D eigenvalue weighted by Gasteiger charge is 2.34. The third-order valence-electron chi connectivity index (χ3n) is 3.93. The van der Waals surface area contributed by atoms with Crippen molar-refractivity contribution in [1.29, 1.82) is 0 Å². The standard InChI is InChI=1S/C15H23N5O3/c1-9-5-11(14(23)16-2)18-15(17-9)20-7-10(12(21)8-20)6-13(22)19(3)4/h5,10,12,21H,6-8H2,1-4H3,(H,16,23)/t10-,12-/m1/s1. The van der Waals surface area contributed by atoms with Gasteiger partial charge in [-0.25, -0.2) is 9.97 Å². The van der Waals surface area contributed by atoms with Crippen molar-refractivity contribution in [2.24, 2.45) is 5.92 Å². The molecule has 0 radical (unpaired) electrons. The first-order chi connectivity index (χ1) is 10.8. The molecule has 8 nitrogen and oxygen atoms in total. The number of hydrogen-bond acceptors (Lipinski definition) is 6. The molecule has 1 aromatic rings. The number of rotatable bonds is 4. The van der Waals surface area contributed by atoms with Crippen LogP contribution in [0.3, 0.4) is 0 Å². The predicted molar refractivity (Wildman–Crippen MR) is 85.2 cm³/mol. The number of aliphatic hydroxyl groups excluding tert-OH is 1. The number of aliphatic hydroxyl groups is 1. The Morgan fingerprint density at radius 2 is 2.09 bits per heavy atom. The van der Waals surface area contributed by atoms with Crippen molar-refractivity contribution in [2.75, 3.05) is 39.1 Å². The number of β-amino-alcohol motifs (C(OH)–C–C–N with tert-alkyl or cyclic N) is 1. The van der Waals surface area contributed by atoms with E-state index in [9.17, 15) is 14.7 Å². The van der Waals surface area contributed by atoms with Gasteiger partial charge in [-0.3, -0.25) is 9.59 Å². The number of anilines is 1. The van der Waals surface area contributed by atoms with Gasteiger partial charge in [-0.1, -0.05) is 0 Å². The topological polar surface area (TPSA) is 98.7 Å². The van der Waals surface area contributed by atoms with E-state index in [-0.39, 0.29) is 29.8 Å². The number of nitrogens with one attached hydrogen (secondary N) is 1. The molecule has 23 heavy (non-hydrogen) atoms. The van der Waals surface area contributed by atoms with Crippen LogP contribution in [0.1, 0.15) is 22.6 Å². The molecule has 126 valence electrons. The van der Waals surface area contributed by atoms with Gasteiger partial charge in [-0.15, -0.1) is 0 Å². The summed E-state index contributed by atoms with van der Waals surface area (Å²) in [6, 6.07) is 1.61. The zero-order chi connectivity index (χ0) is 17.1. The van der Waals surface area contributed by atoms with Gasteiger partial charge in [0.2, 0.25) is 11.9 Å². The Bertz CT molecular complexity index is 605. The van der Waals surface area contributed by atoms with Crippen LogP contribution in [0.2, 0.25) is 0 Å². The van der Waals surface area contributed by atoms with Gasteiger partial charge >= 0.3 is 0 Å². The summed E-state index contributed by atoms with van der Waals surface area (Å²) >= 11 is 0. The fourth-order valence-corrected chi connectivity index (χ4v) is 2.56. The molecule has 0 bridgehead atoms. The van der Waals surface area contributed by atoms with Gasteiger partial charge in [-0.2, -0.15) is 0 Å². The van der Waals surface area contributed by atoms with Crippen molar-refractivity contribution >= 4 is 17.8 Å². The van der Waals surface area contributed by atoms with E-state index in [2.05, 4.69) is 15.3 Å². The van der Waals surface area contributed by atoms with Crippen LogP contribution >= 0.6 is 0 Å². The van der Waals surface area contributed by atoms with Crippen LogP contribution in [0, 0.1) is 12.8 Å². The Kier molecular flexibility index (Phi) is 5.15. The van der Waals surface area contributed by atoms with Crippen LogP contribution in [-0.2, 0) is 4.79 Å². The van der Waals surface area contributed by atoms with Crippen molar-refractivity contribution < 1.29 is 14.7 Å². The molecule has 2 N–H and O–H groups in total. The van der Waals surface area contributed by atoms with Crippen molar-refractivity contribution in [3.8, 4) is 0 Å². The van der Waals surface area contributed by atoms with Crippen molar-refractivity contribution in [3.05, 3.63) is 17.5 Å². The van der Waals surface area contributed by atoms with Gasteiger partial charge in [-0.05, 0) is 13.0 Å². The predicted octanol–water partition coefficient (Wildman–Crippen LogP) is -0.580. The van der Waals surface area contributed by atoms with E-state index in [1.54, 1.807) is 34.1 Å². The quantitative estimate of drug-likeness (QED) is 0.770. The van der Waals surface area contributed by atoms with E-state index in [0.29, 0.717) is 24.7 Å². The number of nitrogens with zero attached hydrogens (tertiary/aromatic N) is 4. The summed E-state index contributed by atoms with van der Waals surface area (Å²) in [6.45, 7) is 2.62. The lowest BCUT2D eigenvalue weighted by molar-refractivity contribution is -0.130. The van der Waals surface area contributed by atoms with Gasteiger partial charge in [0.15, 0.2) is 0 Å². The normalized spacial score (nSPS) is 20.5. The molecular weight excluding hydrogens is 298 g/mol. The molecule has 1 aliphatic rings. The van der Waals surface area contributed by atoms with Crippen molar-refractivity contribution in [2.45, 2.75) is 19.4 Å². The van der Waals surface area contributed by atoms with Crippen LogP contribution in [0.25, 0.3) is 0 Å². The van der Waals surface area contributed by atoms with Gasteiger partial charge < -0.3 is 20.2 Å². The van der Waals surface area contributed by atoms with E-state index in [1.807, 2.05) is 4.90 Å². The highest BCUT2D eigenvalue weighted by molar-refractivity contribution is 5.92. The van der Waals surface area contributed by atoms with Crippen LogP contribution in [0.5, 0.6) is 0 Å². The fraction of sp³-hybridized carbons (Fsp3) is 0.600. The summed E-state index contributed by atoms with van der Waals surface area (Å²) in [6.07, 6.45) is -0.342. The molecule has 0 aliphatic carbocycles. The molecule has 1 fully saturated rings. The van der Waals surface area contributed by atoms with Gasteiger partial charge in [0.1, 0.15) is 5.69 Å². The molecule has 1 saturated heterocycles. The first-order valence-electron chi connectivity index (χ1n) is 7.52. The second-order valence-electron chi connectivity index (χ2n) is 6.00. The zero-order valence-corrected chi connectivity index (χ0v) is 13.9. The lowest BCUT2D eigenvalue weighted by Gasteiger charge is -2.18. The Morgan fingerprint density at radius 3 is 2.70 bits per heavy atom. The fourth-order valence-electron chi connectivity index (χ4n) is 2.56. The van der Waals surface area contributed by atoms with Crippen LogP contribution in [0.4, 0.5) is 5.95 Å². The van der Waals surface area contributed by atoms with E-state index in [4.69, 9.17) is 0 Å². The largest absolute Gasteiger partial charge is 0.391 e. The number of aromatic nitrogens is 2. The summed E-state index contributed by atoms with van der Waals surface area (Å²) in [7, 11) is 4.93. The summed E-state index contributed by atoms with van der Waals surface area (Å²) in [5.74, 6) is -0.0668. The summed E-state index contributed by atoms with van der Waals surface area (Å²) in [5.41, 5.74) is 0.966. The molecule has 8 heteroatoms. The smallest absolute Gasteiger partial charge is 0.269 e. The first kappa shape index (κ1) is 17.1. The summed E-state index contributed by atoms with van der Waals surface area (Å²) < 4.78 is 0. The lowest BCUT2D eigenvalue weighted by atomic mass is 10.0. The third-order valence-corrected chi connectivity index (χ3v) is 3.93. The van der Waals surface area contributed by atoms with Crippen molar-refractivity contribution in [3.63, 3.8) is 0 Å². The van der Waals surface area contributed by atoms with Crippen molar-refractivity contribution in [1.82, 2.24) is 20.2 Å². The number of amides is 2. The van der Waals surface area contributed by atoms with Crippen LogP contribution in [-0.4, -0.2) is 72.1 Å². The maximum atomic E-state index is 11.8. The van der Waals surface area contributed by atoms with E-state index in [1.165, 1.54) is 4.90 Å². The minimum absolute atomic E-state index is 0.0212. The molecule has 2 heterocycles. The molecule has 2 rings (SSSR count). The second kappa shape index (κ2) is 6.91. The number of aryl methyl sites for hydroxylation is 1. The lowest BCUT2D eigenvalue weighted by Crippen LogP contribution is -2.28. The molecule has 0 spiro atoms. The average molecular weight is 321 g/mol. The monoisotopic (exact) mass is 321 g/mol. The number of carbonyl (C=O) groups excluding carboxylic acids is 2. The van der Waals surface area contributed by atoms with Gasteiger partial charge in [0, 0.05) is 52.3 Å². The maximum Gasteiger partial charge on any atom is 0.269 e. The Labute approximate surface area is 135 Å². The number of hydrogen-bond donors (Lipinski definition) is 2. The van der Waals surface area contributed by atoms with Gasteiger partial charge in [0.05, 0.1) is 6.10 Å². The Hall–Kier alpha value is -2.22. The minimum Gasteiger partial charge on any atom is -0.391 e. The third kappa shape index (κ3) is 3.95. The van der Waals surface area contributed by atoms with Gasteiger partial charge in [0.25, 0.3) is 5.91 Å². The molecule has 0 unspecified atom stereocenters.